The number of aryl methyl sites for hydroxylation is 2. The molecule has 1 fully saturated rings. The maximum atomic E-state index is 13.6. The van der Waals surface area contributed by atoms with Crippen LogP contribution in [0.2, 0.25) is 0 Å². The third-order valence-corrected chi connectivity index (χ3v) is 5.77. The molecular weight excluding hydrogens is 338 g/mol. The molecule has 0 aromatic heterocycles. The van der Waals surface area contributed by atoms with Gasteiger partial charge in [-0.05, 0) is 75.8 Å². The van der Waals surface area contributed by atoms with Gasteiger partial charge in [-0.15, -0.1) is 0 Å². The highest BCUT2D eigenvalue weighted by molar-refractivity contribution is 8.13. The molecule has 1 aromatic rings. The quantitative estimate of drug-likeness (QED) is 0.723. The molecule has 0 N–H and O–H groups in total. The van der Waals surface area contributed by atoms with E-state index < -0.39 is 18.3 Å². The van der Waals surface area contributed by atoms with Crippen LogP contribution in [0, 0.1) is 19.7 Å². The van der Waals surface area contributed by atoms with Crippen molar-refractivity contribution in [2.45, 2.75) is 59.7 Å². The van der Waals surface area contributed by atoms with Crippen LogP contribution in [0.1, 0.15) is 51.3 Å². The molecule has 1 aliphatic rings. The van der Waals surface area contributed by atoms with Crippen LogP contribution in [0.4, 0.5) is 4.39 Å². The Morgan fingerprint density at radius 3 is 2.08 bits per heavy atom. The van der Waals surface area contributed by atoms with Gasteiger partial charge in [0.05, 0.1) is 11.2 Å². The predicted octanol–water partition coefficient (Wildman–Crippen LogP) is 4.74. The first-order valence-electron chi connectivity index (χ1n) is 8.39. The Hall–Kier alpha value is -1.11. The molecule has 0 aliphatic carbocycles. The molecule has 0 spiro atoms. The topological polar surface area (TPSA) is 35.5 Å². The first-order chi connectivity index (χ1) is 11.4. The molecule has 1 saturated heterocycles. The number of halogens is 1. The number of hydrogen-bond donors (Lipinski definition) is 0. The lowest BCUT2D eigenvalue weighted by atomic mass is 9.77. The molecule has 0 radical (unpaired) electrons. The van der Waals surface area contributed by atoms with Gasteiger partial charge in [-0.2, -0.15) is 0 Å². The number of thioether (sulfide) groups is 1. The summed E-state index contributed by atoms with van der Waals surface area (Å²) in [7, 11) is -0.527. The van der Waals surface area contributed by atoms with Crippen molar-refractivity contribution in [2.24, 2.45) is 0 Å². The summed E-state index contributed by atoms with van der Waals surface area (Å²) < 4.78 is 25.9. The van der Waals surface area contributed by atoms with Gasteiger partial charge in [-0.1, -0.05) is 17.8 Å². The second-order valence-electron chi connectivity index (χ2n) is 7.54. The molecule has 1 aliphatic heterocycles. The number of carbonyl (C=O) groups excluding carboxylic acids is 1. The van der Waals surface area contributed by atoms with Crippen LogP contribution in [0.5, 0.6) is 0 Å². The van der Waals surface area contributed by atoms with Crippen molar-refractivity contribution in [1.29, 1.82) is 0 Å². The first kappa shape index (κ1) is 20.2. The molecule has 0 bridgehead atoms. The monoisotopic (exact) mass is 364 g/mol. The Labute approximate surface area is 154 Å². The second kappa shape index (κ2) is 7.26. The smallest absolute Gasteiger partial charge is 0.400 e. The Balaban J connectivity index is 2.42. The molecule has 0 saturated carbocycles. The van der Waals surface area contributed by atoms with Gasteiger partial charge in [0.25, 0.3) is 0 Å². The number of hydrogen-bond acceptors (Lipinski definition) is 4. The molecule has 6 heteroatoms. The van der Waals surface area contributed by atoms with Gasteiger partial charge in [-0.25, -0.2) is 4.39 Å². The van der Waals surface area contributed by atoms with Crippen LogP contribution >= 0.6 is 11.8 Å². The highest BCUT2D eigenvalue weighted by atomic mass is 32.2. The van der Waals surface area contributed by atoms with Crippen molar-refractivity contribution < 1.29 is 18.5 Å². The lowest BCUT2D eigenvalue weighted by Gasteiger charge is -2.32. The van der Waals surface area contributed by atoms with Gasteiger partial charge in [0.15, 0.2) is 5.12 Å². The van der Waals surface area contributed by atoms with Crippen LogP contribution < -0.4 is 0 Å². The molecular formula is C19H26BFO3S. The lowest BCUT2D eigenvalue weighted by molar-refractivity contribution is -0.109. The van der Waals surface area contributed by atoms with Gasteiger partial charge in [0, 0.05) is 12.7 Å². The molecule has 25 heavy (non-hydrogen) atoms. The van der Waals surface area contributed by atoms with Crippen LogP contribution in [0.3, 0.4) is 0 Å². The summed E-state index contributed by atoms with van der Waals surface area (Å²) in [6.45, 7) is 13.3. The molecule has 0 amide bonds. The van der Waals surface area contributed by atoms with E-state index in [1.165, 1.54) is 23.9 Å². The Morgan fingerprint density at radius 1 is 1.16 bits per heavy atom. The Bertz CT molecular complexity index is 674. The van der Waals surface area contributed by atoms with Crippen LogP contribution in [-0.4, -0.2) is 29.2 Å². The molecule has 0 unspecified atom stereocenters. The lowest BCUT2D eigenvalue weighted by Crippen LogP contribution is -2.41. The second-order valence-corrected chi connectivity index (χ2v) is 8.69. The number of benzene rings is 1. The van der Waals surface area contributed by atoms with Gasteiger partial charge in [0.1, 0.15) is 5.82 Å². The van der Waals surface area contributed by atoms with Crippen LogP contribution in [0.25, 0.3) is 6.08 Å². The molecule has 136 valence electrons. The molecule has 0 atom stereocenters. The largest absolute Gasteiger partial charge is 0.491 e. The minimum absolute atomic E-state index is 0.0370. The normalized spacial score (nSPS) is 19.4. The maximum Gasteiger partial charge on any atom is 0.491 e. The fourth-order valence-electron chi connectivity index (χ4n) is 2.69. The molecule has 1 aromatic carbocycles. The fourth-order valence-corrected chi connectivity index (χ4v) is 3.28. The summed E-state index contributed by atoms with van der Waals surface area (Å²) in [6, 6.07) is 3.03. The Kier molecular flexibility index (Phi) is 5.86. The summed E-state index contributed by atoms with van der Waals surface area (Å²) in [5.41, 5.74) is 2.60. The molecule has 2 rings (SSSR count). The maximum absolute atomic E-state index is 13.6. The van der Waals surface area contributed by atoms with Crippen molar-refractivity contribution in [3.8, 4) is 0 Å². The minimum atomic E-state index is -0.527. The summed E-state index contributed by atoms with van der Waals surface area (Å²) in [5.74, 6) is 0.227. The number of carbonyl (C=O) groups is 1. The van der Waals surface area contributed by atoms with E-state index in [-0.39, 0.29) is 10.9 Å². The van der Waals surface area contributed by atoms with Crippen LogP contribution in [-0.2, 0) is 14.1 Å². The van der Waals surface area contributed by atoms with E-state index in [1.54, 1.807) is 6.92 Å². The van der Waals surface area contributed by atoms with Gasteiger partial charge in [-0.3, -0.25) is 4.79 Å². The van der Waals surface area contributed by atoms with E-state index in [4.69, 9.17) is 9.31 Å². The highest BCUT2D eigenvalue weighted by Gasteiger charge is 2.52. The third kappa shape index (κ3) is 4.55. The Morgan fingerprint density at radius 2 is 1.64 bits per heavy atom. The van der Waals surface area contributed by atoms with E-state index in [1.807, 2.05) is 47.6 Å². The van der Waals surface area contributed by atoms with Crippen molar-refractivity contribution in [2.75, 3.05) is 5.75 Å². The van der Waals surface area contributed by atoms with E-state index in [9.17, 15) is 9.18 Å². The average molecular weight is 364 g/mol. The van der Waals surface area contributed by atoms with E-state index in [0.29, 0.717) is 5.75 Å². The van der Waals surface area contributed by atoms with Gasteiger partial charge >= 0.3 is 7.12 Å². The summed E-state index contributed by atoms with van der Waals surface area (Å²) in [4.78, 5) is 11.5. The van der Waals surface area contributed by atoms with Gasteiger partial charge in [0.2, 0.25) is 0 Å². The fraction of sp³-hybridized carbons (Fsp3) is 0.526. The zero-order valence-corrected chi connectivity index (χ0v) is 16.8. The molecule has 1 heterocycles. The summed E-state index contributed by atoms with van der Waals surface area (Å²) >= 11 is 1.22. The standard InChI is InChI=1S/C19H26BFO3S/c1-12-8-16(21)9-13(2)17(12)10-15(11-25-14(3)22)20-23-18(4,5)19(6,7)24-20/h8-10H,11H2,1-7H3. The van der Waals surface area contributed by atoms with Gasteiger partial charge < -0.3 is 9.31 Å². The summed E-state index contributed by atoms with van der Waals surface area (Å²) in [6.07, 6.45) is 1.97. The van der Waals surface area contributed by atoms with E-state index >= 15 is 0 Å². The van der Waals surface area contributed by atoms with Crippen molar-refractivity contribution >= 4 is 30.1 Å². The van der Waals surface area contributed by atoms with E-state index in [0.717, 1.165) is 22.2 Å². The summed E-state index contributed by atoms with van der Waals surface area (Å²) in [5, 5.41) is 0.0370. The first-order valence-corrected chi connectivity index (χ1v) is 9.38. The van der Waals surface area contributed by atoms with Crippen molar-refractivity contribution in [3.05, 3.63) is 40.1 Å². The zero-order valence-electron chi connectivity index (χ0n) is 16.0. The van der Waals surface area contributed by atoms with Crippen molar-refractivity contribution in [1.82, 2.24) is 0 Å². The third-order valence-electron chi connectivity index (χ3n) is 4.89. The highest BCUT2D eigenvalue weighted by Crippen LogP contribution is 2.39. The zero-order chi connectivity index (χ0) is 19.0. The van der Waals surface area contributed by atoms with Crippen LogP contribution in [0.15, 0.2) is 17.6 Å². The van der Waals surface area contributed by atoms with Crippen molar-refractivity contribution in [3.63, 3.8) is 0 Å². The molecule has 3 nitrogen and oxygen atoms in total. The predicted molar refractivity (Wildman–Crippen MR) is 103 cm³/mol. The SMILES string of the molecule is CC(=O)SCC(=Cc1c(C)cc(F)cc1C)B1OC(C)(C)C(C)(C)O1. The number of rotatable bonds is 4. The average Bonchev–Trinajstić information content (AvgIpc) is 2.65. The minimum Gasteiger partial charge on any atom is -0.400 e. The van der Waals surface area contributed by atoms with E-state index in [2.05, 4.69) is 0 Å².